The van der Waals surface area contributed by atoms with E-state index in [0.29, 0.717) is 6.42 Å². The van der Waals surface area contributed by atoms with E-state index in [1.165, 1.54) is 205 Å². The Kier molecular flexibility index (Phi) is 45.5. The van der Waals surface area contributed by atoms with Gasteiger partial charge in [0.05, 0.1) is 25.4 Å². The third kappa shape index (κ3) is 37.9. The molecule has 0 saturated carbocycles. The van der Waals surface area contributed by atoms with E-state index in [9.17, 15) is 30.3 Å². The average molecular weight is 949 g/mol. The molecular formula is C58H109NO8. The predicted octanol–water partition coefficient (Wildman–Crippen LogP) is 14.0. The van der Waals surface area contributed by atoms with Crippen LogP contribution in [-0.4, -0.2) is 87.5 Å². The van der Waals surface area contributed by atoms with Gasteiger partial charge < -0.3 is 40.3 Å². The van der Waals surface area contributed by atoms with Crippen molar-refractivity contribution in [2.45, 2.75) is 314 Å². The van der Waals surface area contributed by atoms with Gasteiger partial charge in [0.1, 0.15) is 24.4 Å². The number of rotatable bonds is 49. The van der Waals surface area contributed by atoms with E-state index in [2.05, 4.69) is 43.5 Å². The molecule has 394 valence electrons. The van der Waals surface area contributed by atoms with Crippen LogP contribution >= 0.6 is 0 Å². The lowest BCUT2D eigenvalue weighted by molar-refractivity contribution is -0.302. The second-order valence-electron chi connectivity index (χ2n) is 20.1. The van der Waals surface area contributed by atoms with Crippen molar-refractivity contribution in [3.63, 3.8) is 0 Å². The summed E-state index contributed by atoms with van der Waals surface area (Å²) in [6, 6.07) is -0.801. The third-order valence-corrected chi connectivity index (χ3v) is 13.7. The van der Waals surface area contributed by atoms with Crippen LogP contribution in [0, 0.1) is 0 Å². The number of nitrogens with one attached hydrogen (secondary N) is 1. The smallest absolute Gasteiger partial charge is 0.220 e. The number of hydrogen-bond acceptors (Lipinski definition) is 8. The first-order valence-corrected chi connectivity index (χ1v) is 28.7. The highest BCUT2D eigenvalue weighted by molar-refractivity contribution is 5.76. The van der Waals surface area contributed by atoms with E-state index >= 15 is 0 Å². The molecule has 0 aliphatic carbocycles. The van der Waals surface area contributed by atoms with Crippen molar-refractivity contribution < 1.29 is 39.8 Å². The molecule has 1 saturated heterocycles. The van der Waals surface area contributed by atoms with Gasteiger partial charge in [0.15, 0.2) is 6.29 Å². The summed E-state index contributed by atoms with van der Waals surface area (Å²) >= 11 is 0. The Bertz CT molecular complexity index is 1150. The number of unbranched alkanes of at least 4 members (excludes halogenated alkanes) is 35. The summed E-state index contributed by atoms with van der Waals surface area (Å²) in [5.74, 6) is -0.175. The first-order valence-electron chi connectivity index (χ1n) is 28.7. The van der Waals surface area contributed by atoms with Crippen molar-refractivity contribution in [3.05, 3.63) is 36.5 Å². The maximum atomic E-state index is 13.0. The molecule has 0 spiro atoms. The molecule has 1 aliphatic heterocycles. The van der Waals surface area contributed by atoms with Gasteiger partial charge in [-0.3, -0.25) is 4.79 Å². The number of amides is 1. The van der Waals surface area contributed by atoms with Gasteiger partial charge in [-0.1, -0.05) is 249 Å². The summed E-state index contributed by atoms with van der Waals surface area (Å²) in [5, 5.41) is 54.3. The molecule has 1 aliphatic rings. The summed E-state index contributed by atoms with van der Waals surface area (Å²) in [6.07, 6.45) is 55.2. The van der Waals surface area contributed by atoms with Gasteiger partial charge in [0.25, 0.3) is 0 Å². The molecule has 0 aromatic heterocycles. The highest BCUT2D eigenvalue weighted by atomic mass is 16.7. The number of aliphatic hydroxyl groups is 5. The summed E-state index contributed by atoms with van der Waals surface area (Å²) < 4.78 is 11.2. The van der Waals surface area contributed by atoms with Crippen LogP contribution in [0.5, 0.6) is 0 Å². The van der Waals surface area contributed by atoms with Crippen LogP contribution in [0.25, 0.3) is 0 Å². The molecule has 7 unspecified atom stereocenters. The first-order chi connectivity index (χ1) is 32.8. The van der Waals surface area contributed by atoms with E-state index in [4.69, 9.17) is 9.47 Å². The van der Waals surface area contributed by atoms with Crippen LogP contribution in [0.2, 0.25) is 0 Å². The number of ether oxygens (including phenoxy) is 2. The quantitative estimate of drug-likeness (QED) is 0.0261. The zero-order chi connectivity index (χ0) is 48.7. The molecule has 1 amide bonds. The highest BCUT2D eigenvalue weighted by Crippen LogP contribution is 2.23. The number of hydrogen-bond donors (Lipinski definition) is 6. The molecule has 9 heteroatoms. The lowest BCUT2D eigenvalue weighted by atomic mass is 9.99. The van der Waals surface area contributed by atoms with Crippen LogP contribution in [-0.2, 0) is 14.3 Å². The number of allylic oxidation sites excluding steroid dienone is 5. The van der Waals surface area contributed by atoms with Gasteiger partial charge in [0, 0.05) is 6.42 Å². The molecular weight excluding hydrogens is 839 g/mol. The Morgan fingerprint density at radius 1 is 0.507 bits per heavy atom. The SMILES string of the molecule is CCCCCCC/C=C\C/C=C\CCCCCCCCCCCCCCCCCCCCCCCC(=O)NC(COC1OC(CO)C(O)C(O)C1O)C(O)/C=C/CCCCCCCCCCC. The van der Waals surface area contributed by atoms with E-state index in [-0.39, 0.29) is 12.5 Å². The second-order valence-corrected chi connectivity index (χ2v) is 20.1. The fourth-order valence-corrected chi connectivity index (χ4v) is 9.13. The van der Waals surface area contributed by atoms with Gasteiger partial charge in [0.2, 0.25) is 5.91 Å². The zero-order valence-corrected chi connectivity index (χ0v) is 43.7. The number of carbonyl (C=O) groups is 1. The van der Waals surface area contributed by atoms with Crippen molar-refractivity contribution in [3.8, 4) is 0 Å². The maximum Gasteiger partial charge on any atom is 0.220 e. The van der Waals surface area contributed by atoms with Crippen LogP contribution in [0.3, 0.4) is 0 Å². The predicted molar refractivity (Wildman–Crippen MR) is 281 cm³/mol. The van der Waals surface area contributed by atoms with Crippen molar-refractivity contribution in [1.82, 2.24) is 5.32 Å². The van der Waals surface area contributed by atoms with E-state index in [0.717, 1.165) is 44.9 Å². The molecule has 0 radical (unpaired) electrons. The summed E-state index contributed by atoms with van der Waals surface area (Å²) in [7, 11) is 0. The summed E-state index contributed by atoms with van der Waals surface area (Å²) in [6.45, 7) is 3.76. The van der Waals surface area contributed by atoms with Crippen LogP contribution < -0.4 is 5.32 Å². The van der Waals surface area contributed by atoms with Gasteiger partial charge in [-0.05, 0) is 51.4 Å². The molecule has 0 bridgehead atoms. The minimum absolute atomic E-state index is 0.175. The summed E-state index contributed by atoms with van der Waals surface area (Å²) in [5.41, 5.74) is 0. The van der Waals surface area contributed by atoms with E-state index < -0.39 is 49.5 Å². The topological polar surface area (TPSA) is 149 Å². The van der Waals surface area contributed by atoms with E-state index in [1.54, 1.807) is 6.08 Å². The molecule has 1 heterocycles. The van der Waals surface area contributed by atoms with E-state index in [1.807, 2.05) is 6.08 Å². The molecule has 9 nitrogen and oxygen atoms in total. The molecule has 0 aromatic rings. The molecule has 7 atom stereocenters. The lowest BCUT2D eigenvalue weighted by Crippen LogP contribution is -2.60. The van der Waals surface area contributed by atoms with Crippen molar-refractivity contribution in [2.75, 3.05) is 13.2 Å². The fraction of sp³-hybridized carbons (Fsp3) is 0.879. The molecule has 0 aromatic carbocycles. The number of carbonyl (C=O) groups excluding carboxylic acids is 1. The van der Waals surface area contributed by atoms with Gasteiger partial charge in [-0.15, -0.1) is 0 Å². The monoisotopic (exact) mass is 948 g/mol. The molecule has 6 N–H and O–H groups in total. The standard InChI is InChI=1S/C58H109NO8/c1-3-5-7-9-11-13-15-16-17-18-19-20-21-22-23-24-25-26-27-28-29-30-31-32-33-34-35-36-38-40-42-44-46-48-54(62)59-51(50-66-58-57(65)56(64)55(63)53(49-60)67-58)52(61)47-45-43-41-39-37-14-12-10-8-6-4-2/h15-16,18-19,45,47,51-53,55-58,60-61,63-65H,3-14,17,20-44,46,48-50H2,1-2H3,(H,59,62)/b16-15-,19-18-,47-45+. The third-order valence-electron chi connectivity index (χ3n) is 13.7. The Labute approximate surface area is 412 Å². The maximum absolute atomic E-state index is 13.0. The Balaban J connectivity index is 2.08. The Hall–Kier alpha value is -1.59. The molecule has 67 heavy (non-hydrogen) atoms. The Morgan fingerprint density at radius 2 is 0.881 bits per heavy atom. The largest absolute Gasteiger partial charge is 0.394 e. The zero-order valence-electron chi connectivity index (χ0n) is 43.7. The second kappa shape index (κ2) is 48.1. The van der Waals surface area contributed by atoms with Gasteiger partial charge >= 0.3 is 0 Å². The van der Waals surface area contributed by atoms with Crippen molar-refractivity contribution in [2.24, 2.45) is 0 Å². The summed E-state index contributed by atoms with van der Waals surface area (Å²) in [4.78, 5) is 13.0. The molecule has 1 fully saturated rings. The van der Waals surface area contributed by atoms with Crippen molar-refractivity contribution in [1.29, 1.82) is 0 Å². The minimum Gasteiger partial charge on any atom is -0.394 e. The normalized spacial score (nSPS) is 19.9. The highest BCUT2D eigenvalue weighted by Gasteiger charge is 2.44. The van der Waals surface area contributed by atoms with Crippen LogP contribution in [0.1, 0.15) is 271 Å². The van der Waals surface area contributed by atoms with Gasteiger partial charge in [-0.25, -0.2) is 0 Å². The lowest BCUT2D eigenvalue weighted by Gasteiger charge is -2.40. The fourth-order valence-electron chi connectivity index (χ4n) is 9.13. The Morgan fingerprint density at radius 3 is 1.28 bits per heavy atom. The minimum atomic E-state index is -1.56. The average Bonchev–Trinajstić information content (AvgIpc) is 3.33. The van der Waals surface area contributed by atoms with Crippen LogP contribution in [0.15, 0.2) is 36.5 Å². The van der Waals surface area contributed by atoms with Gasteiger partial charge in [-0.2, -0.15) is 0 Å². The molecule has 1 rings (SSSR count). The van der Waals surface area contributed by atoms with Crippen molar-refractivity contribution >= 4 is 5.91 Å². The van der Waals surface area contributed by atoms with Crippen LogP contribution in [0.4, 0.5) is 0 Å². The number of aliphatic hydroxyl groups excluding tert-OH is 5. The first kappa shape index (κ1) is 63.4.